The molecule has 1 atom stereocenters. The van der Waals surface area contributed by atoms with Gasteiger partial charge in [-0.15, -0.1) is 0 Å². The van der Waals surface area contributed by atoms with Crippen LogP contribution in [0.5, 0.6) is 5.75 Å². The number of para-hydroxylation sites is 1. The summed E-state index contributed by atoms with van der Waals surface area (Å²) in [7, 11) is 0. The maximum atomic E-state index is 11.3. The lowest BCUT2D eigenvalue weighted by atomic mass is 10.2. The van der Waals surface area contributed by atoms with Crippen LogP contribution in [0.2, 0.25) is 0 Å². The van der Waals surface area contributed by atoms with Gasteiger partial charge in [0.05, 0.1) is 5.69 Å². The predicted molar refractivity (Wildman–Crippen MR) is 67.7 cm³/mol. The lowest BCUT2D eigenvalue weighted by Gasteiger charge is -2.14. The topological polar surface area (TPSA) is 57.9 Å². The zero-order valence-corrected chi connectivity index (χ0v) is 10.1. The second-order valence-corrected chi connectivity index (χ2v) is 4.02. The minimum Gasteiger partial charge on any atom is -0.485 e. The Morgan fingerprint density at radius 1 is 1.24 bits per heavy atom. The summed E-state index contributed by atoms with van der Waals surface area (Å²) in [6, 6.07) is 10.9. The van der Waals surface area contributed by atoms with Crippen LogP contribution in [0.25, 0.3) is 0 Å². The lowest BCUT2D eigenvalue weighted by Crippen LogP contribution is -2.13. The van der Waals surface area contributed by atoms with E-state index in [1.54, 1.807) is 0 Å². The molecular formula is C12H12N2O2S. The van der Waals surface area contributed by atoms with Gasteiger partial charge >= 0.3 is 0 Å². The number of rotatable bonds is 3. The van der Waals surface area contributed by atoms with Gasteiger partial charge in [0, 0.05) is 6.07 Å². The van der Waals surface area contributed by atoms with Crippen LogP contribution in [0.15, 0.2) is 41.2 Å². The van der Waals surface area contributed by atoms with Crippen LogP contribution < -0.4 is 10.3 Å². The standard InChI is InChI=1S/C12H12N2O2S/c1-8(16-9-5-3-2-4-6-9)10-7-11(15)14-12(17)13-10/h2-8H,1H3,(H2,13,14,15,17)/t8-/m1/s1. The Labute approximate surface area is 103 Å². The van der Waals surface area contributed by atoms with Gasteiger partial charge in [0.25, 0.3) is 5.56 Å². The molecule has 0 unspecified atom stereocenters. The van der Waals surface area contributed by atoms with Crippen LogP contribution in [0.4, 0.5) is 0 Å². The highest BCUT2D eigenvalue weighted by Gasteiger charge is 2.08. The number of aromatic nitrogens is 2. The van der Waals surface area contributed by atoms with Gasteiger partial charge in [0.1, 0.15) is 11.9 Å². The molecule has 1 aromatic carbocycles. The SMILES string of the molecule is C[C@@H](Oc1ccccc1)c1cc(=O)[nH]c(=S)[nH]1. The van der Waals surface area contributed by atoms with E-state index in [0.717, 1.165) is 5.75 Å². The number of ether oxygens (including phenoxy) is 1. The first-order valence-electron chi connectivity index (χ1n) is 5.20. The van der Waals surface area contributed by atoms with Gasteiger partial charge in [-0.1, -0.05) is 18.2 Å². The third-order valence-corrected chi connectivity index (χ3v) is 2.48. The smallest absolute Gasteiger partial charge is 0.252 e. The molecule has 5 heteroatoms. The van der Waals surface area contributed by atoms with Crippen molar-refractivity contribution in [1.82, 2.24) is 9.97 Å². The van der Waals surface area contributed by atoms with Crippen molar-refractivity contribution in [3.63, 3.8) is 0 Å². The van der Waals surface area contributed by atoms with Crippen molar-refractivity contribution < 1.29 is 4.74 Å². The fourth-order valence-corrected chi connectivity index (χ4v) is 1.69. The molecule has 1 heterocycles. The van der Waals surface area contributed by atoms with E-state index in [4.69, 9.17) is 17.0 Å². The van der Waals surface area contributed by atoms with Crippen molar-refractivity contribution in [2.45, 2.75) is 13.0 Å². The minimum absolute atomic E-state index is 0.229. The second-order valence-electron chi connectivity index (χ2n) is 3.62. The van der Waals surface area contributed by atoms with E-state index < -0.39 is 0 Å². The normalized spacial score (nSPS) is 12.1. The Morgan fingerprint density at radius 2 is 1.94 bits per heavy atom. The summed E-state index contributed by atoms with van der Waals surface area (Å²) in [5.74, 6) is 0.750. The van der Waals surface area contributed by atoms with Crippen LogP contribution in [-0.2, 0) is 0 Å². The highest BCUT2D eigenvalue weighted by molar-refractivity contribution is 7.71. The summed E-state index contributed by atoms with van der Waals surface area (Å²) in [6.45, 7) is 1.85. The summed E-state index contributed by atoms with van der Waals surface area (Å²) in [4.78, 5) is 16.7. The van der Waals surface area contributed by atoms with E-state index in [0.29, 0.717) is 10.5 Å². The van der Waals surface area contributed by atoms with Crippen LogP contribution in [0.1, 0.15) is 18.7 Å². The first-order chi connectivity index (χ1) is 8.15. The van der Waals surface area contributed by atoms with Crippen molar-refractivity contribution >= 4 is 12.2 Å². The summed E-state index contributed by atoms with van der Waals surface area (Å²) in [5, 5.41) is 0. The van der Waals surface area contributed by atoms with Crippen LogP contribution in [0, 0.1) is 4.77 Å². The molecule has 88 valence electrons. The molecule has 0 bridgehead atoms. The van der Waals surface area contributed by atoms with Crippen molar-refractivity contribution in [2.24, 2.45) is 0 Å². The Morgan fingerprint density at radius 3 is 2.59 bits per heavy atom. The van der Waals surface area contributed by atoms with Crippen molar-refractivity contribution in [1.29, 1.82) is 0 Å². The fraction of sp³-hybridized carbons (Fsp3) is 0.167. The number of nitrogens with one attached hydrogen (secondary N) is 2. The zero-order chi connectivity index (χ0) is 12.3. The Bertz CT molecular complexity index is 575. The summed E-state index contributed by atoms with van der Waals surface area (Å²) >= 11 is 4.90. The van der Waals surface area contributed by atoms with E-state index in [1.165, 1.54) is 6.07 Å². The molecule has 17 heavy (non-hydrogen) atoms. The minimum atomic E-state index is -0.263. The summed E-state index contributed by atoms with van der Waals surface area (Å²) in [6.07, 6.45) is -0.263. The highest BCUT2D eigenvalue weighted by Crippen LogP contribution is 2.18. The quantitative estimate of drug-likeness (QED) is 0.821. The fourth-order valence-electron chi connectivity index (χ4n) is 1.47. The largest absolute Gasteiger partial charge is 0.485 e. The summed E-state index contributed by atoms with van der Waals surface area (Å²) < 4.78 is 5.98. The highest BCUT2D eigenvalue weighted by atomic mass is 32.1. The Kier molecular flexibility index (Phi) is 3.39. The van der Waals surface area contributed by atoms with Crippen LogP contribution >= 0.6 is 12.2 Å². The van der Waals surface area contributed by atoms with Gasteiger partial charge in [-0.2, -0.15) is 0 Å². The van der Waals surface area contributed by atoms with Crippen LogP contribution in [-0.4, -0.2) is 9.97 Å². The first kappa shape index (κ1) is 11.6. The molecule has 0 saturated heterocycles. The molecule has 0 aliphatic rings. The molecule has 0 fully saturated rings. The lowest BCUT2D eigenvalue weighted by molar-refractivity contribution is 0.221. The first-order valence-corrected chi connectivity index (χ1v) is 5.61. The zero-order valence-electron chi connectivity index (χ0n) is 9.27. The van der Waals surface area contributed by atoms with Gasteiger partial charge in [-0.3, -0.25) is 9.78 Å². The van der Waals surface area contributed by atoms with Crippen molar-refractivity contribution in [2.75, 3.05) is 0 Å². The van der Waals surface area contributed by atoms with Gasteiger partial charge in [-0.05, 0) is 31.3 Å². The Hall–Kier alpha value is -1.88. The average molecular weight is 248 g/mol. The maximum Gasteiger partial charge on any atom is 0.252 e. The molecule has 4 nitrogen and oxygen atoms in total. The second kappa shape index (κ2) is 4.97. The maximum absolute atomic E-state index is 11.3. The number of hydrogen-bond donors (Lipinski definition) is 2. The van der Waals surface area contributed by atoms with E-state index >= 15 is 0 Å². The van der Waals surface area contributed by atoms with Gasteiger partial charge in [0.15, 0.2) is 4.77 Å². The van der Waals surface area contributed by atoms with Gasteiger partial charge < -0.3 is 9.72 Å². The van der Waals surface area contributed by atoms with E-state index in [-0.39, 0.29) is 11.7 Å². The molecule has 2 N–H and O–H groups in total. The Balaban J connectivity index is 2.23. The molecule has 0 aliphatic carbocycles. The summed E-state index contributed by atoms with van der Waals surface area (Å²) in [5.41, 5.74) is 0.426. The molecule has 0 amide bonds. The number of hydrogen-bond acceptors (Lipinski definition) is 3. The number of aromatic amines is 2. The average Bonchev–Trinajstić information content (AvgIpc) is 2.29. The van der Waals surface area contributed by atoms with E-state index in [1.807, 2.05) is 37.3 Å². The monoisotopic (exact) mass is 248 g/mol. The van der Waals surface area contributed by atoms with E-state index in [9.17, 15) is 4.79 Å². The van der Waals surface area contributed by atoms with E-state index in [2.05, 4.69) is 9.97 Å². The van der Waals surface area contributed by atoms with Crippen molar-refractivity contribution in [3.8, 4) is 5.75 Å². The molecule has 0 radical (unpaired) electrons. The molecule has 1 aromatic heterocycles. The molecule has 0 spiro atoms. The van der Waals surface area contributed by atoms with Gasteiger partial charge in [-0.25, -0.2) is 0 Å². The molecule has 2 aromatic rings. The van der Waals surface area contributed by atoms with Crippen LogP contribution in [0.3, 0.4) is 0 Å². The predicted octanol–water partition coefficient (Wildman–Crippen LogP) is 2.57. The molecule has 0 saturated carbocycles. The third-order valence-electron chi connectivity index (χ3n) is 2.28. The van der Waals surface area contributed by atoms with Gasteiger partial charge in [0.2, 0.25) is 0 Å². The number of benzene rings is 1. The van der Waals surface area contributed by atoms with Crippen molar-refractivity contribution in [3.05, 3.63) is 57.2 Å². The molecule has 2 rings (SSSR count). The third kappa shape index (κ3) is 3.04. The number of H-pyrrole nitrogens is 2. The molecule has 0 aliphatic heterocycles. The molecular weight excluding hydrogens is 236 g/mol.